The maximum absolute atomic E-state index is 12.2. The summed E-state index contributed by atoms with van der Waals surface area (Å²) < 4.78 is 5.43. The van der Waals surface area contributed by atoms with Gasteiger partial charge in [0.05, 0.1) is 25.3 Å². The molecule has 3 atom stereocenters. The van der Waals surface area contributed by atoms with Crippen LogP contribution in [0.5, 0.6) is 0 Å². The van der Waals surface area contributed by atoms with E-state index in [-0.39, 0.29) is 18.0 Å². The minimum atomic E-state index is 0.220. The van der Waals surface area contributed by atoms with Gasteiger partial charge >= 0.3 is 0 Å². The molecular formula is C12H22N2O2. The van der Waals surface area contributed by atoms with Gasteiger partial charge in [0.1, 0.15) is 0 Å². The fourth-order valence-corrected chi connectivity index (χ4v) is 2.74. The Kier molecular flexibility index (Phi) is 3.82. The van der Waals surface area contributed by atoms with Crippen LogP contribution in [0.3, 0.4) is 0 Å². The second-order valence-corrected chi connectivity index (χ2v) is 5.03. The monoisotopic (exact) mass is 226 g/mol. The van der Waals surface area contributed by atoms with Gasteiger partial charge in [-0.3, -0.25) is 4.79 Å². The average molecular weight is 226 g/mol. The molecular weight excluding hydrogens is 204 g/mol. The minimum Gasteiger partial charge on any atom is -0.377 e. The van der Waals surface area contributed by atoms with Crippen LogP contribution in [0.4, 0.5) is 0 Å². The summed E-state index contributed by atoms with van der Waals surface area (Å²) >= 11 is 0. The smallest absolute Gasteiger partial charge is 0.224 e. The second kappa shape index (κ2) is 5.15. The Morgan fingerprint density at radius 1 is 1.38 bits per heavy atom. The number of nitrogens with one attached hydrogen (secondary N) is 1. The quantitative estimate of drug-likeness (QED) is 0.756. The summed E-state index contributed by atoms with van der Waals surface area (Å²) in [5.74, 6) is 0.280. The molecule has 2 heterocycles. The lowest BCUT2D eigenvalue weighted by Gasteiger charge is -2.39. The Morgan fingerprint density at radius 2 is 2.06 bits per heavy atom. The van der Waals surface area contributed by atoms with Gasteiger partial charge in [-0.15, -0.1) is 0 Å². The van der Waals surface area contributed by atoms with Crippen LogP contribution in [-0.4, -0.2) is 48.7 Å². The molecule has 0 aromatic rings. The van der Waals surface area contributed by atoms with Crippen LogP contribution < -0.4 is 5.32 Å². The first kappa shape index (κ1) is 11.9. The van der Waals surface area contributed by atoms with Crippen molar-refractivity contribution in [2.75, 3.05) is 19.8 Å². The van der Waals surface area contributed by atoms with Crippen molar-refractivity contribution < 1.29 is 9.53 Å². The molecule has 0 saturated carbocycles. The van der Waals surface area contributed by atoms with Crippen LogP contribution in [0, 0.1) is 0 Å². The molecule has 0 aromatic carbocycles. The largest absolute Gasteiger partial charge is 0.377 e. The number of nitrogens with zero attached hydrogens (tertiary/aromatic N) is 1. The van der Waals surface area contributed by atoms with Crippen molar-refractivity contribution in [1.29, 1.82) is 0 Å². The molecule has 1 N–H and O–H groups in total. The van der Waals surface area contributed by atoms with E-state index in [4.69, 9.17) is 4.74 Å². The average Bonchev–Trinajstić information content (AvgIpc) is 2.70. The van der Waals surface area contributed by atoms with Crippen molar-refractivity contribution in [3.05, 3.63) is 0 Å². The highest BCUT2D eigenvalue weighted by Crippen LogP contribution is 2.17. The minimum absolute atomic E-state index is 0.220. The van der Waals surface area contributed by atoms with E-state index >= 15 is 0 Å². The SMILES string of the molecule is CC1COCC(C)N1C(=O)CC1CCCN1. The second-order valence-electron chi connectivity index (χ2n) is 5.03. The van der Waals surface area contributed by atoms with E-state index in [0.717, 1.165) is 13.0 Å². The van der Waals surface area contributed by atoms with Gasteiger partial charge in [-0.1, -0.05) is 0 Å². The molecule has 0 radical (unpaired) electrons. The van der Waals surface area contributed by atoms with Crippen LogP contribution in [0.1, 0.15) is 33.1 Å². The van der Waals surface area contributed by atoms with E-state index in [2.05, 4.69) is 19.2 Å². The lowest BCUT2D eigenvalue weighted by molar-refractivity contribution is -0.144. The van der Waals surface area contributed by atoms with Gasteiger partial charge in [-0.25, -0.2) is 0 Å². The lowest BCUT2D eigenvalue weighted by atomic mass is 10.1. The van der Waals surface area contributed by atoms with Crippen molar-refractivity contribution >= 4 is 5.91 Å². The van der Waals surface area contributed by atoms with E-state index in [1.807, 2.05) is 4.90 Å². The van der Waals surface area contributed by atoms with E-state index in [9.17, 15) is 4.79 Å². The maximum Gasteiger partial charge on any atom is 0.224 e. The standard InChI is InChI=1S/C12H22N2O2/c1-9-7-16-8-10(2)14(9)12(15)6-11-4-3-5-13-11/h9-11,13H,3-8H2,1-2H3. The number of morpholine rings is 1. The predicted octanol–water partition coefficient (Wildman–Crippen LogP) is 0.764. The Balaban J connectivity index is 1.90. The zero-order valence-corrected chi connectivity index (χ0v) is 10.2. The van der Waals surface area contributed by atoms with Crippen molar-refractivity contribution in [2.24, 2.45) is 0 Å². The number of amides is 1. The van der Waals surface area contributed by atoms with E-state index < -0.39 is 0 Å². The predicted molar refractivity (Wildman–Crippen MR) is 62.2 cm³/mol. The van der Waals surface area contributed by atoms with Crippen LogP contribution in [-0.2, 0) is 9.53 Å². The first-order valence-corrected chi connectivity index (χ1v) is 6.30. The number of carbonyl (C=O) groups is 1. The van der Waals surface area contributed by atoms with Crippen LogP contribution in [0.15, 0.2) is 0 Å². The first-order chi connectivity index (χ1) is 7.68. The fraction of sp³-hybridized carbons (Fsp3) is 0.917. The third-order valence-electron chi connectivity index (χ3n) is 3.54. The normalized spacial score (nSPS) is 35.4. The summed E-state index contributed by atoms with van der Waals surface area (Å²) in [4.78, 5) is 14.2. The highest BCUT2D eigenvalue weighted by molar-refractivity contribution is 5.77. The first-order valence-electron chi connectivity index (χ1n) is 6.30. The molecule has 92 valence electrons. The molecule has 2 saturated heterocycles. The molecule has 0 aromatic heterocycles. The Labute approximate surface area is 97.3 Å². The molecule has 2 aliphatic rings. The molecule has 2 fully saturated rings. The Hall–Kier alpha value is -0.610. The third kappa shape index (κ3) is 2.55. The molecule has 0 aliphatic carbocycles. The number of hydrogen-bond acceptors (Lipinski definition) is 3. The van der Waals surface area contributed by atoms with Crippen LogP contribution in [0.25, 0.3) is 0 Å². The highest BCUT2D eigenvalue weighted by Gasteiger charge is 2.31. The number of hydrogen-bond donors (Lipinski definition) is 1. The molecule has 0 spiro atoms. The zero-order chi connectivity index (χ0) is 11.5. The summed E-state index contributed by atoms with van der Waals surface area (Å²) in [7, 11) is 0. The van der Waals surface area contributed by atoms with Gasteiger partial charge in [-0.2, -0.15) is 0 Å². The van der Waals surface area contributed by atoms with Crippen molar-refractivity contribution in [1.82, 2.24) is 10.2 Å². The molecule has 4 heteroatoms. The topological polar surface area (TPSA) is 41.6 Å². The molecule has 2 rings (SSSR count). The number of ether oxygens (including phenoxy) is 1. The van der Waals surface area contributed by atoms with Gasteiger partial charge in [-0.05, 0) is 33.2 Å². The summed E-state index contributed by atoms with van der Waals surface area (Å²) in [6, 6.07) is 0.838. The van der Waals surface area contributed by atoms with E-state index in [1.54, 1.807) is 0 Å². The fourth-order valence-electron chi connectivity index (χ4n) is 2.74. The summed E-state index contributed by atoms with van der Waals surface area (Å²) in [6.07, 6.45) is 2.99. The summed E-state index contributed by atoms with van der Waals surface area (Å²) in [5.41, 5.74) is 0. The molecule has 0 bridgehead atoms. The van der Waals surface area contributed by atoms with Gasteiger partial charge in [0.25, 0.3) is 0 Å². The molecule has 1 amide bonds. The summed E-state index contributed by atoms with van der Waals surface area (Å²) in [5, 5.41) is 3.38. The van der Waals surface area contributed by atoms with Crippen LogP contribution >= 0.6 is 0 Å². The number of carbonyl (C=O) groups excluding carboxylic acids is 1. The van der Waals surface area contributed by atoms with Gasteiger partial charge in [0.15, 0.2) is 0 Å². The van der Waals surface area contributed by atoms with Gasteiger partial charge < -0.3 is 15.0 Å². The van der Waals surface area contributed by atoms with E-state index in [0.29, 0.717) is 25.7 Å². The Bertz CT molecular complexity index is 241. The van der Waals surface area contributed by atoms with Crippen molar-refractivity contribution in [2.45, 2.75) is 51.2 Å². The molecule has 2 aliphatic heterocycles. The van der Waals surface area contributed by atoms with Crippen molar-refractivity contribution in [3.8, 4) is 0 Å². The molecule has 4 nitrogen and oxygen atoms in total. The molecule has 16 heavy (non-hydrogen) atoms. The van der Waals surface area contributed by atoms with Crippen LogP contribution in [0.2, 0.25) is 0 Å². The lowest BCUT2D eigenvalue weighted by Crippen LogP contribution is -2.53. The van der Waals surface area contributed by atoms with Gasteiger partial charge in [0.2, 0.25) is 5.91 Å². The van der Waals surface area contributed by atoms with E-state index in [1.165, 1.54) is 6.42 Å². The third-order valence-corrected chi connectivity index (χ3v) is 3.54. The number of rotatable bonds is 2. The van der Waals surface area contributed by atoms with Crippen molar-refractivity contribution in [3.63, 3.8) is 0 Å². The molecule has 3 unspecified atom stereocenters. The highest BCUT2D eigenvalue weighted by atomic mass is 16.5. The Morgan fingerprint density at radius 3 is 2.62 bits per heavy atom. The maximum atomic E-state index is 12.2. The van der Waals surface area contributed by atoms with Gasteiger partial charge in [0, 0.05) is 12.5 Å². The zero-order valence-electron chi connectivity index (χ0n) is 10.2. The summed E-state index contributed by atoms with van der Waals surface area (Å²) in [6.45, 7) is 6.54.